The van der Waals surface area contributed by atoms with Crippen molar-refractivity contribution in [2.24, 2.45) is 0 Å². The van der Waals surface area contributed by atoms with Crippen molar-refractivity contribution in [3.05, 3.63) is 71.3 Å². The van der Waals surface area contributed by atoms with Crippen molar-refractivity contribution in [2.75, 3.05) is 13.8 Å². The minimum Gasteiger partial charge on any atom is -0.358 e. The predicted molar refractivity (Wildman–Crippen MR) is 81.4 cm³/mol. The molecule has 1 aliphatic heterocycles. The second-order valence-corrected chi connectivity index (χ2v) is 5.61. The van der Waals surface area contributed by atoms with E-state index in [2.05, 4.69) is 73.5 Å². The van der Waals surface area contributed by atoms with Crippen LogP contribution in [0, 0.1) is 6.92 Å². The van der Waals surface area contributed by atoms with Crippen LogP contribution in [0.4, 0.5) is 0 Å². The largest absolute Gasteiger partial charge is 0.358 e. The lowest BCUT2D eigenvalue weighted by molar-refractivity contribution is -0.0890. The first-order valence-corrected chi connectivity index (χ1v) is 7.17. The van der Waals surface area contributed by atoms with E-state index in [1.807, 2.05) is 0 Å². The van der Waals surface area contributed by atoms with E-state index >= 15 is 0 Å². The standard InChI is InChI=1S/C18H21NO/c1-14-8-10-16(11-9-14)18-12-17(19(2)13-20-18)15-6-4-3-5-7-15/h3-11,17-18H,12-13H2,1-2H3/t17-,18+/m1/s1. The van der Waals surface area contributed by atoms with Gasteiger partial charge in [-0.15, -0.1) is 0 Å². The van der Waals surface area contributed by atoms with Crippen LogP contribution in [0.3, 0.4) is 0 Å². The molecule has 0 unspecified atom stereocenters. The quantitative estimate of drug-likeness (QED) is 0.812. The van der Waals surface area contributed by atoms with Crippen molar-refractivity contribution in [3.8, 4) is 0 Å². The van der Waals surface area contributed by atoms with Crippen molar-refractivity contribution in [2.45, 2.75) is 25.5 Å². The fourth-order valence-electron chi connectivity index (χ4n) is 2.83. The molecule has 0 spiro atoms. The molecule has 1 saturated heterocycles. The summed E-state index contributed by atoms with van der Waals surface area (Å²) >= 11 is 0. The number of aryl methyl sites for hydroxylation is 1. The molecular weight excluding hydrogens is 246 g/mol. The number of benzene rings is 2. The highest BCUT2D eigenvalue weighted by Gasteiger charge is 2.28. The second kappa shape index (κ2) is 5.78. The molecule has 1 fully saturated rings. The first-order valence-electron chi connectivity index (χ1n) is 7.17. The van der Waals surface area contributed by atoms with Crippen LogP contribution in [0.25, 0.3) is 0 Å². The van der Waals surface area contributed by atoms with Crippen LogP contribution in [-0.2, 0) is 4.74 Å². The highest BCUT2D eigenvalue weighted by atomic mass is 16.5. The molecule has 0 amide bonds. The molecule has 2 nitrogen and oxygen atoms in total. The van der Waals surface area contributed by atoms with E-state index in [-0.39, 0.29) is 6.10 Å². The van der Waals surface area contributed by atoms with Gasteiger partial charge < -0.3 is 4.74 Å². The van der Waals surface area contributed by atoms with Gasteiger partial charge >= 0.3 is 0 Å². The number of hydrogen-bond donors (Lipinski definition) is 0. The van der Waals surface area contributed by atoms with Crippen LogP contribution in [0.15, 0.2) is 54.6 Å². The van der Waals surface area contributed by atoms with Gasteiger partial charge in [0.05, 0.1) is 6.10 Å². The van der Waals surface area contributed by atoms with Gasteiger partial charge in [0, 0.05) is 6.04 Å². The van der Waals surface area contributed by atoms with E-state index < -0.39 is 0 Å². The number of nitrogens with zero attached hydrogens (tertiary/aromatic N) is 1. The van der Waals surface area contributed by atoms with Crippen LogP contribution < -0.4 is 0 Å². The maximum atomic E-state index is 5.99. The zero-order chi connectivity index (χ0) is 13.9. The minimum atomic E-state index is 0.192. The average Bonchev–Trinajstić information content (AvgIpc) is 2.50. The molecule has 0 saturated carbocycles. The Morgan fingerprint density at radius 2 is 1.65 bits per heavy atom. The van der Waals surface area contributed by atoms with Gasteiger partial charge in [-0.05, 0) is 31.5 Å². The van der Waals surface area contributed by atoms with E-state index in [9.17, 15) is 0 Å². The molecule has 20 heavy (non-hydrogen) atoms. The summed E-state index contributed by atoms with van der Waals surface area (Å²) in [5.74, 6) is 0. The van der Waals surface area contributed by atoms with Crippen molar-refractivity contribution in [1.82, 2.24) is 4.90 Å². The highest BCUT2D eigenvalue weighted by Crippen LogP contribution is 2.36. The molecule has 0 aromatic heterocycles. The Morgan fingerprint density at radius 3 is 2.35 bits per heavy atom. The molecule has 2 aromatic rings. The van der Waals surface area contributed by atoms with Crippen molar-refractivity contribution >= 4 is 0 Å². The van der Waals surface area contributed by atoms with Crippen LogP contribution >= 0.6 is 0 Å². The van der Waals surface area contributed by atoms with Gasteiger partial charge in [0.15, 0.2) is 0 Å². The van der Waals surface area contributed by atoms with Crippen LogP contribution in [-0.4, -0.2) is 18.7 Å². The summed E-state index contributed by atoms with van der Waals surface area (Å²) in [5.41, 5.74) is 3.95. The average molecular weight is 267 g/mol. The SMILES string of the molecule is Cc1ccc([C@@H]2C[C@H](c3ccccc3)N(C)CO2)cc1. The van der Waals surface area contributed by atoms with Gasteiger partial charge in [-0.1, -0.05) is 60.2 Å². The molecular formula is C18H21NO. The van der Waals surface area contributed by atoms with E-state index in [1.54, 1.807) is 0 Å². The Hall–Kier alpha value is -1.64. The molecule has 2 aromatic carbocycles. The van der Waals surface area contributed by atoms with Crippen LogP contribution in [0.5, 0.6) is 0 Å². The lowest BCUT2D eigenvalue weighted by Gasteiger charge is -2.37. The minimum absolute atomic E-state index is 0.192. The van der Waals surface area contributed by atoms with E-state index in [0.29, 0.717) is 12.8 Å². The van der Waals surface area contributed by atoms with E-state index in [0.717, 1.165) is 6.42 Å². The van der Waals surface area contributed by atoms with Crippen molar-refractivity contribution in [1.29, 1.82) is 0 Å². The Morgan fingerprint density at radius 1 is 0.950 bits per heavy atom. The van der Waals surface area contributed by atoms with Gasteiger partial charge in [-0.3, -0.25) is 4.90 Å². The molecule has 0 radical (unpaired) electrons. The lowest BCUT2D eigenvalue weighted by atomic mass is 9.94. The summed E-state index contributed by atoms with van der Waals surface area (Å²) in [4.78, 5) is 2.28. The third kappa shape index (κ3) is 2.77. The molecule has 0 aliphatic carbocycles. The van der Waals surface area contributed by atoms with Crippen LogP contribution in [0.2, 0.25) is 0 Å². The molecule has 1 aliphatic rings. The van der Waals surface area contributed by atoms with Gasteiger partial charge in [0.25, 0.3) is 0 Å². The summed E-state index contributed by atoms with van der Waals surface area (Å²) in [6.45, 7) is 2.80. The highest BCUT2D eigenvalue weighted by molar-refractivity contribution is 5.25. The van der Waals surface area contributed by atoms with Gasteiger partial charge in [0.2, 0.25) is 0 Å². The molecule has 0 bridgehead atoms. The smallest absolute Gasteiger partial charge is 0.100 e. The van der Waals surface area contributed by atoms with Crippen molar-refractivity contribution in [3.63, 3.8) is 0 Å². The predicted octanol–water partition coefficient (Wildman–Crippen LogP) is 4.09. The molecule has 3 rings (SSSR count). The fourth-order valence-corrected chi connectivity index (χ4v) is 2.83. The zero-order valence-electron chi connectivity index (χ0n) is 12.1. The van der Waals surface area contributed by atoms with Crippen molar-refractivity contribution < 1.29 is 4.74 Å². The lowest BCUT2D eigenvalue weighted by Crippen LogP contribution is -2.34. The topological polar surface area (TPSA) is 12.5 Å². The first kappa shape index (κ1) is 13.3. The monoisotopic (exact) mass is 267 g/mol. The fraction of sp³-hybridized carbons (Fsp3) is 0.333. The summed E-state index contributed by atoms with van der Waals surface area (Å²) in [5, 5.41) is 0. The number of ether oxygens (including phenoxy) is 1. The van der Waals surface area contributed by atoms with Gasteiger partial charge in [-0.25, -0.2) is 0 Å². The number of hydrogen-bond acceptors (Lipinski definition) is 2. The van der Waals surface area contributed by atoms with E-state index in [1.165, 1.54) is 16.7 Å². The molecule has 1 heterocycles. The third-order valence-corrected chi connectivity index (χ3v) is 4.08. The maximum absolute atomic E-state index is 5.99. The second-order valence-electron chi connectivity index (χ2n) is 5.61. The Balaban J connectivity index is 1.81. The molecule has 2 heteroatoms. The normalized spacial score (nSPS) is 23.7. The summed E-state index contributed by atoms with van der Waals surface area (Å²) in [7, 11) is 2.13. The molecule has 104 valence electrons. The Kier molecular flexibility index (Phi) is 3.86. The Bertz CT molecular complexity index is 549. The Labute approximate surface area is 121 Å². The number of rotatable bonds is 2. The maximum Gasteiger partial charge on any atom is 0.100 e. The molecule has 2 atom stereocenters. The summed E-state index contributed by atoms with van der Waals surface area (Å²) in [6.07, 6.45) is 1.20. The summed E-state index contributed by atoms with van der Waals surface area (Å²) in [6, 6.07) is 19.8. The van der Waals surface area contributed by atoms with Gasteiger partial charge in [0.1, 0.15) is 6.73 Å². The van der Waals surface area contributed by atoms with Crippen LogP contribution in [0.1, 0.15) is 35.3 Å². The zero-order valence-corrected chi connectivity index (χ0v) is 12.1. The first-order chi connectivity index (χ1) is 9.74. The van der Waals surface area contributed by atoms with E-state index in [4.69, 9.17) is 4.74 Å². The molecule has 0 N–H and O–H groups in total. The van der Waals surface area contributed by atoms with Gasteiger partial charge in [-0.2, -0.15) is 0 Å². The summed E-state index contributed by atoms with van der Waals surface area (Å²) < 4.78 is 5.99. The third-order valence-electron chi connectivity index (χ3n) is 4.08.